The molecule has 6 heteroatoms. The first kappa shape index (κ1) is 9.51. The molecule has 0 aliphatic heterocycles. The Hall–Kier alpha value is -1.04. The lowest BCUT2D eigenvalue weighted by molar-refractivity contribution is -0.0558. The second kappa shape index (κ2) is 3.27. The van der Waals surface area contributed by atoms with Crippen LogP contribution in [0.4, 0.5) is 8.78 Å². The lowest BCUT2D eigenvalue weighted by Crippen LogP contribution is -2.39. The van der Waals surface area contributed by atoms with Crippen molar-refractivity contribution < 1.29 is 8.78 Å². The Bertz CT molecular complexity index is 298. The van der Waals surface area contributed by atoms with E-state index < -0.39 is 12.0 Å². The predicted octanol–water partition coefficient (Wildman–Crippen LogP) is 0.966. The minimum Gasteiger partial charge on any atom is -0.327 e. The quantitative estimate of drug-likeness (QED) is 0.738. The predicted molar refractivity (Wildman–Crippen MR) is 45.8 cm³/mol. The van der Waals surface area contributed by atoms with Crippen molar-refractivity contribution in [2.24, 2.45) is 5.73 Å². The third-order valence-electron chi connectivity index (χ3n) is 2.53. The first-order valence-electron chi connectivity index (χ1n) is 4.54. The molecule has 0 radical (unpaired) electrons. The highest BCUT2D eigenvalue weighted by Crippen LogP contribution is 2.38. The van der Waals surface area contributed by atoms with Crippen LogP contribution in [0.15, 0.2) is 12.7 Å². The smallest absolute Gasteiger partial charge is 0.251 e. The summed E-state index contributed by atoms with van der Waals surface area (Å²) in [6.07, 6.45) is 3.09. The summed E-state index contributed by atoms with van der Waals surface area (Å²) in [5.41, 5.74) is 5.57. The third-order valence-corrected chi connectivity index (χ3v) is 2.53. The van der Waals surface area contributed by atoms with Gasteiger partial charge in [-0.1, -0.05) is 0 Å². The van der Waals surface area contributed by atoms with Gasteiger partial charge in [-0.2, -0.15) is 0 Å². The number of hydrogen-bond donors (Lipinski definition) is 1. The maximum absolute atomic E-state index is 13.2. The molecular formula is C8H12F2N4. The van der Waals surface area contributed by atoms with Crippen LogP contribution in [-0.4, -0.2) is 26.7 Å². The van der Waals surface area contributed by atoms with Crippen molar-refractivity contribution >= 4 is 0 Å². The molecule has 1 aliphatic rings. The first-order chi connectivity index (χ1) is 6.57. The van der Waals surface area contributed by atoms with Gasteiger partial charge in [0.1, 0.15) is 12.7 Å². The van der Waals surface area contributed by atoms with Crippen LogP contribution in [0.3, 0.4) is 0 Å². The Morgan fingerprint density at radius 2 is 1.93 bits per heavy atom. The fourth-order valence-corrected chi connectivity index (χ4v) is 1.95. The van der Waals surface area contributed by atoms with Crippen LogP contribution in [0.1, 0.15) is 25.3 Å². The maximum Gasteiger partial charge on any atom is 0.251 e. The van der Waals surface area contributed by atoms with E-state index in [1.54, 1.807) is 4.57 Å². The van der Waals surface area contributed by atoms with Gasteiger partial charge in [-0.3, -0.25) is 0 Å². The van der Waals surface area contributed by atoms with Crippen LogP contribution in [0.5, 0.6) is 0 Å². The zero-order valence-corrected chi connectivity index (χ0v) is 7.61. The molecule has 78 valence electrons. The molecule has 4 nitrogen and oxygen atoms in total. The molecule has 0 bridgehead atoms. The highest BCUT2D eigenvalue weighted by molar-refractivity contribution is 4.89. The van der Waals surface area contributed by atoms with Crippen LogP contribution >= 0.6 is 0 Å². The van der Waals surface area contributed by atoms with Crippen LogP contribution in [0.25, 0.3) is 0 Å². The molecule has 1 aliphatic carbocycles. The van der Waals surface area contributed by atoms with Crippen LogP contribution < -0.4 is 5.73 Å². The SMILES string of the molecule is N[C@H]1CC(n2cnnc2)CC(F)(F)C1. The van der Waals surface area contributed by atoms with Gasteiger partial charge in [-0.25, -0.2) is 8.78 Å². The monoisotopic (exact) mass is 202 g/mol. The van der Waals surface area contributed by atoms with Gasteiger partial charge in [0.25, 0.3) is 5.92 Å². The zero-order valence-electron chi connectivity index (χ0n) is 7.61. The first-order valence-corrected chi connectivity index (χ1v) is 4.54. The van der Waals surface area contributed by atoms with Gasteiger partial charge in [0.15, 0.2) is 0 Å². The molecule has 0 aromatic carbocycles. The van der Waals surface area contributed by atoms with E-state index in [0.717, 1.165) is 0 Å². The van der Waals surface area contributed by atoms with Crippen LogP contribution in [0, 0.1) is 0 Å². The van der Waals surface area contributed by atoms with E-state index in [1.807, 2.05) is 0 Å². The summed E-state index contributed by atoms with van der Waals surface area (Å²) in [7, 11) is 0. The Morgan fingerprint density at radius 1 is 1.29 bits per heavy atom. The van der Waals surface area contributed by atoms with Gasteiger partial charge in [-0.05, 0) is 6.42 Å². The lowest BCUT2D eigenvalue weighted by Gasteiger charge is -2.33. The number of alkyl halides is 2. The zero-order chi connectivity index (χ0) is 10.2. The van der Waals surface area contributed by atoms with E-state index in [0.29, 0.717) is 6.42 Å². The second-order valence-corrected chi connectivity index (χ2v) is 3.82. The minimum atomic E-state index is -2.66. The van der Waals surface area contributed by atoms with E-state index in [1.165, 1.54) is 12.7 Å². The minimum absolute atomic E-state index is 0.168. The molecule has 0 saturated heterocycles. The summed E-state index contributed by atoms with van der Waals surface area (Å²) in [4.78, 5) is 0. The van der Waals surface area contributed by atoms with Crippen molar-refractivity contribution in [3.63, 3.8) is 0 Å². The number of nitrogens with zero attached hydrogens (tertiary/aromatic N) is 3. The summed E-state index contributed by atoms with van der Waals surface area (Å²) >= 11 is 0. The molecule has 1 aromatic heterocycles. The van der Waals surface area contributed by atoms with Gasteiger partial charge in [0, 0.05) is 24.9 Å². The van der Waals surface area contributed by atoms with Crippen molar-refractivity contribution in [2.45, 2.75) is 37.3 Å². The molecular weight excluding hydrogens is 190 g/mol. The molecule has 1 fully saturated rings. The number of nitrogens with two attached hydrogens (primary N) is 1. The number of aromatic nitrogens is 3. The number of hydrogen-bond acceptors (Lipinski definition) is 3. The fraction of sp³-hybridized carbons (Fsp3) is 0.750. The Kier molecular flexibility index (Phi) is 2.22. The van der Waals surface area contributed by atoms with Crippen molar-refractivity contribution in [3.8, 4) is 0 Å². The molecule has 0 amide bonds. The van der Waals surface area contributed by atoms with Crippen molar-refractivity contribution in [1.82, 2.24) is 14.8 Å². The number of halogens is 2. The fourth-order valence-electron chi connectivity index (χ4n) is 1.95. The standard InChI is InChI=1S/C8H12F2N4/c9-8(10)2-6(11)1-7(3-8)14-4-12-13-5-14/h4-7H,1-3,11H2/t6-,7?/m0/s1. The van der Waals surface area contributed by atoms with Gasteiger partial charge < -0.3 is 10.3 Å². The van der Waals surface area contributed by atoms with Gasteiger partial charge in [0.2, 0.25) is 0 Å². The van der Waals surface area contributed by atoms with Crippen LogP contribution in [0.2, 0.25) is 0 Å². The molecule has 2 N–H and O–H groups in total. The van der Waals surface area contributed by atoms with Gasteiger partial charge in [-0.15, -0.1) is 10.2 Å². The molecule has 1 saturated carbocycles. The van der Waals surface area contributed by atoms with E-state index in [-0.39, 0.29) is 18.9 Å². The summed E-state index contributed by atoms with van der Waals surface area (Å²) in [6, 6.07) is -0.713. The number of rotatable bonds is 1. The molecule has 1 heterocycles. The van der Waals surface area contributed by atoms with Crippen molar-refractivity contribution in [3.05, 3.63) is 12.7 Å². The molecule has 14 heavy (non-hydrogen) atoms. The molecule has 1 unspecified atom stereocenters. The second-order valence-electron chi connectivity index (χ2n) is 3.82. The Labute approximate surface area is 80.1 Å². The largest absolute Gasteiger partial charge is 0.327 e. The van der Waals surface area contributed by atoms with Crippen molar-refractivity contribution in [2.75, 3.05) is 0 Å². The van der Waals surface area contributed by atoms with E-state index in [4.69, 9.17) is 5.73 Å². The average Bonchev–Trinajstić information content (AvgIpc) is 2.51. The third kappa shape index (κ3) is 1.89. The average molecular weight is 202 g/mol. The van der Waals surface area contributed by atoms with Crippen molar-refractivity contribution in [1.29, 1.82) is 0 Å². The molecule has 0 spiro atoms. The molecule has 2 atom stereocenters. The summed E-state index contributed by atoms with van der Waals surface area (Å²) in [6.45, 7) is 0. The van der Waals surface area contributed by atoms with E-state index in [2.05, 4.69) is 10.2 Å². The lowest BCUT2D eigenvalue weighted by atomic mass is 9.88. The summed E-state index contributed by atoms with van der Waals surface area (Å²) in [5, 5.41) is 7.19. The topological polar surface area (TPSA) is 56.7 Å². The highest BCUT2D eigenvalue weighted by Gasteiger charge is 2.40. The summed E-state index contributed by atoms with van der Waals surface area (Å²) < 4.78 is 27.9. The summed E-state index contributed by atoms with van der Waals surface area (Å²) in [5.74, 6) is -2.66. The van der Waals surface area contributed by atoms with E-state index in [9.17, 15) is 8.78 Å². The van der Waals surface area contributed by atoms with Gasteiger partial charge >= 0.3 is 0 Å². The Morgan fingerprint density at radius 3 is 2.50 bits per heavy atom. The maximum atomic E-state index is 13.2. The van der Waals surface area contributed by atoms with Crippen LogP contribution in [-0.2, 0) is 0 Å². The van der Waals surface area contributed by atoms with Gasteiger partial charge in [0.05, 0.1) is 0 Å². The van der Waals surface area contributed by atoms with E-state index >= 15 is 0 Å². The Balaban J connectivity index is 2.14. The normalized spacial score (nSPS) is 31.6. The highest BCUT2D eigenvalue weighted by atomic mass is 19.3. The molecule has 1 aromatic rings. The molecule has 2 rings (SSSR count).